The first kappa shape index (κ1) is 16.2. The van der Waals surface area contributed by atoms with E-state index in [1.807, 2.05) is 6.07 Å². The summed E-state index contributed by atoms with van der Waals surface area (Å²) in [7, 11) is 5.63. The van der Waals surface area contributed by atoms with E-state index >= 15 is 0 Å². The minimum absolute atomic E-state index is 0.0897. The zero-order valence-electron chi connectivity index (χ0n) is 13.5. The zero-order valence-corrected chi connectivity index (χ0v) is 13.5. The Balaban J connectivity index is 2.30. The van der Waals surface area contributed by atoms with Crippen LogP contribution >= 0.6 is 0 Å². The van der Waals surface area contributed by atoms with E-state index in [4.69, 9.17) is 10.5 Å². The molecule has 0 amide bonds. The van der Waals surface area contributed by atoms with Gasteiger partial charge in [-0.1, -0.05) is 13.0 Å². The molecule has 2 rings (SSSR count). The number of hydrogen-bond acceptors (Lipinski definition) is 3. The molecule has 0 radical (unpaired) electrons. The van der Waals surface area contributed by atoms with Crippen LogP contribution in [0.5, 0.6) is 5.75 Å². The van der Waals surface area contributed by atoms with Crippen molar-refractivity contribution in [2.24, 2.45) is 11.7 Å². The molecule has 1 aliphatic rings. The quantitative estimate of drug-likeness (QED) is 0.925. The molecule has 1 aliphatic carbocycles. The van der Waals surface area contributed by atoms with Crippen molar-refractivity contribution in [2.75, 3.05) is 21.2 Å². The highest BCUT2D eigenvalue weighted by molar-refractivity contribution is 5.32. The maximum Gasteiger partial charge on any atom is 0.165 e. The average Bonchev–Trinajstić information content (AvgIpc) is 2.47. The van der Waals surface area contributed by atoms with Gasteiger partial charge >= 0.3 is 0 Å². The predicted molar refractivity (Wildman–Crippen MR) is 83.9 cm³/mol. The Morgan fingerprint density at radius 2 is 1.95 bits per heavy atom. The summed E-state index contributed by atoms with van der Waals surface area (Å²) in [6.45, 7) is 2.29. The fraction of sp³-hybridized carbons (Fsp3) is 0.647. The summed E-state index contributed by atoms with van der Waals surface area (Å²) in [6, 6.07) is 4.88. The van der Waals surface area contributed by atoms with Crippen LogP contribution in [0.3, 0.4) is 0 Å². The minimum atomic E-state index is -0.344. The number of rotatable bonds is 4. The number of ether oxygens (including phenoxy) is 1. The lowest BCUT2D eigenvalue weighted by molar-refractivity contribution is 0.0563. The van der Waals surface area contributed by atoms with E-state index in [1.54, 1.807) is 6.07 Å². The largest absolute Gasteiger partial charge is 0.494 e. The maximum absolute atomic E-state index is 14.0. The molecular weight excluding hydrogens is 267 g/mol. The van der Waals surface area contributed by atoms with E-state index in [9.17, 15) is 4.39 Å². The van der Waals surface area contributed by atoms with E-state index < -0.39 is 0 Å². The van der Waals surface area contributed by atoms with Crippen LogP contribution in [-0.2, 0) is 0 Å². The van der Waals surface area contributed by atoms with Gasteiger partial charge in [0, 0.05) is 11.6 Å². The topological polar surface area (TPSA) is 38.5 Å². The van der Waals surface area contributed by atoms with Crippen LogP contribution in [-0.4, -0.2) is 31.6 Å². The molecule has 1 atom stereocenters. The molecule has 0 saturated heterocycles. The number of benzene rings is 1. The highest BCUT2D eigenvalue weighted by Crippen LogP contribution is 2.42. The maximum atomic E-state index is 14.0. The summed E-state index contributed by atoms with van der Waals surface area (Å²) < 4.78 is 19.0. The number of hydrogen-bond donors (Lipinski definition) is 1. The van der Waals surface area contributed by atoms with E-state index in [-0.39, 0.29) is 23.1 Å². The first-order chi connectivity index (χ1) is 9.90. The Labute approximate surface area is 127 Å². The monoisotopic (exact) mass is 294 g/mol. The second-order valence-corrected chi connectivity index (χ2v) is 6.55. The molecule has 1 fully saturated rings. The third kappa shape index (κ3) is 3.06. The summed E-state index contributed by atoms with van der Waals surface area (Å²) >= 11 is 0. The van der Waals surface area contributed by atoms with Crippen molar-refractivity contribution in [1.29, 1.82) is 0 Å². The molecule has 1 saturated carbocycles. The van der Waals surface area contributed by atoms with Gasteiger partial charge in [-0.05, 0) is 63.4 Å². The second kappa shape index (κ2) is 6.32. The average molecular weight is 294 g/mol. The SMILES string of the molecule is COc1ccc(C(N)C2(N(C)C)CCC(C)CC2)cc1F. The number of halogens is 1. The smallest absolute Gasteiger partial charge is 0.165 e. The lowest BCUT2D eigenvalue weighted by Gasteiger charge is -2.48. The summed E-state index contributed by atoms with van der Waals surface area (Å²) in [5, 5.41) is 0. The molecule has 0 aliphatic heterocycles. The van der Waals surface area contributed by atoms with Crippen molar-refractivity contribution in [1.82, 2.24) is 4.90 Å². The van der Waals surface area contributed by atoms with E-state index in [2.05, 4.69) is 25.9 Å². The molecule has 0 aromatic heterocycles. The summed E-state index contributed by atoms with van der Waals surface area (Å²) in [5.41, 5.74) is 7.32. The summed E-state index contributed by atoms with van der Waals surface area (Å²) in [5.74, 6) is 0.670. The van der Waals surface area contributed by atoms with Gasteiger partial charge in [0.15, 0.2) is 11.6 Å². The van der Waals surface area contributed by atoms with Crippen LogP contribution in [0.15, 0.2) is 18.2 Å². The molecular formula is C17H27FN2O. The molecule has 0 heterocycles. The van der Waals surface area contributed by atoms with E-state index in [0.29, 0.717) is 0 Å². The normalized spacial score (nSPS) is 27.7. The van der Waals surface area contributed by atoms with Crippen molar-refractivity contribution >= 4 is 0 Å². The molecule has 118 valence electrons. The third-order valence-electron chi connectivity index (χ3n) is 5.14. The van der Waals surface area contributed by atoms with Gasteiger partial charge in [0.1, 0.15) is 0 Å². The standard InChI is InChI=1S/C17H27FN2O/c1-12-7-9-17(10-8-12,20(2)3)16(19)13-5-6-15(21-4)14(18)11-13/h5-6,11-12,16H,7-10,19H2,1-4H3. The summed E-state index contributed by atoms with van der Waals surface area (Å²) in [6.07, 6.45) is 4.45. The van der Waals surface area contributed by atoms with Gasteiger partial charge in [0.05, 0.1) is 7.11 Å². The Morgan fingerprint density at radius 3 is 2.43 bits per heavy atom. The van der Waals surface area contributed by atoms with Gasteiger partial charge in [-0.25, -0.2) is 4.39 Å². The van der Waals surface area contributed by atoms with Gasteiger partial charge in [-0.2, -0.15) is 0 Å². The highest BCUT2D eigenvalue weighted by Gasteiger charge is 2.42. The molecule has 0 bridgehead atoms. The highest BCUT2D eigenvalue weighted by atomic mass is 19.1. The van der Waals surface area contributed by atoms with Crippen LogP contribution in [0.1, 0.15) is 44.2 Å². The molecule has 2 N–H and O–H groups in total. The van der Waals surface area contributed by atoms with Gasteiger partial charge in [-0.15, -0.1) is 0 Å². The van der Waals surface area contributed by atoms with Crippen molar-refractivity contribution in [3.05, 3.63) is 29.6 Å². The lowest BCUT2D eigenvalue weighted by Crippen LogP contribution is -2.54. The molecule has 4 heteroatoms. The first-order valence-electron chi connectivity index (χ1n) is 7.67. The van der Waals surface area contributed by atoms with Crippen LogP contribution in [0.2, 0.25) is 0 Å². The van der Waals surface area contributed by atoms with Crippen LogP contribution in [0.4, 0.5) is 4.39 Å². The van der Waals surface area contributed by atoms with Gasteiger partial charge in [0.2, 0.25) is 0 Å². The number of nitrogens with zero attached hydrogens (tertiary/aromatic N) is 1. The van der Waals surface area contributed by atoms with Crippen LogP contribution in [0, 0.1) is 11.7 Å². The van der Waals surface area contributed by atoms with E-state index in [0.717, 1.165) is 24.3 Å². The van der Waals surface area contributed by atoms with Crippen molar-refractivity contribution in [3.8, 4) is 5.75 Å². The molecule has 1 unspecified atom stereocenters. The molecule has 3 nitrogen and oxygen atoms in total. The van der Waals surface area contributed by atoms with Crippen molar-refractivity contribution in [2.45, 2.75) is 44.2 Å². The van der Waals surface area contributed by atoms with Gasteiger partial charge < -0.3 is 15.4 Å². The Morgan fingerprint density at radius 1 is 1.33 bits per heavy atom. The third-order valence-corrected chi connectivity index (χ3v) is 5.14. The Bertz CT molecular complexity index is 482. The Hall–Kier alpha value is -1.13. The molecule has 1 aromatic carbocycles. The van der Waals surface area contributed by atoms with E-state index in [1.165, 1.54) is 26.0 Å². The summed E-state index contributed by atoms with van der Waals surface area (Å²) in [4.78, 5) is 2.23. The Kier molecular flexibility index (Phi) is 4.89. The first-order valence-corrected chi connectivity index (χ1v) is 7.67. The molecule has 0 spiro atoms. The van der Waals surface area contributed by atoms with Gasteiger partial charge in [0.25, 0.3) is 0 Å². The van der Waals surface area contributed by atoms with Crippen LogP contribution in [0.25, 0.3) is 0 Å². The fourth-order valence-electron chi connectivity index (χ4n) is 3.48. The zero-order chi connectivity index (χ0) is 15.6. The number of nitrogens with two attached hydrogens (primary N) is 1. The predicted octanol–water partition coefficient (Wildman–Crippen LogP) is 3.34. The fourth-order valence-corrected chi connectivity index (χ4v) is 3.48. The number of methoxy groups -OCH3 is 1. The number of likely N-dealkylation sites (N-methyl/N-ethyl adjacent to an activating group) is 1. The van der Waals surface area contributed by atoms with Crippen LogP contribution < -0.4 is 10.5 Å². The second-order valence-electron chi connectivity index (χ2n) is 6.55. The molecule has 1 aromatic rings. The van der Waals surface area contributed by atoms with Gasteiger partial charge in [-0.3, -0.25) is 0 Å². The minimum Gasteiger partial charge on any atom is -0.494 e. The van der Waals surface area contributed by atoms with Crippen molar-refractivity contribution in [3.63, 3.8) is 0 Å². The molecule has 21 heavy (non-hydrogen) atoms. The lowest BCUT2D eigenvalue weighted by atomic mass is 9.70. The van der Waals surface area contributed by atoms with Crippen molar-refractivity contribution < 1.29 is 9.13 Å².